The van der Waals surface area contributed by atoms with Gasteiger partial charge in [-0.15, -0.1) is 10.2 Å². The number of aryl methyl sites for hydroxylation is 1. The number of rotatable bonds is 3. The van der Waals surface area contributed by atoms with Crippen LogP contribution in [0.4, 0.5) is 0 Å². The summed E-state index contributed by atoms with van der Waals surface area (Å²) >= 11 is 0. The van der Waals surface area contributed by atoms with E-state index in [-0.39, 0.29) is 6.10 Å². The highest BCUT2D eigenvalue weighted by atomic mass is 16.5. The Morgan fingerprint density at radius 1 is 0.963 bits per heavy atom. The number of H-pyrrole nitrogens is 1. The van der Waals surface area contributed by atoms with Crippen LogP contribution in [0.1, 0.15) is 55.2 Å². The number of aromatic amines is 1. The molecule has 3 heterocycles. The molecule has 6 heteroatoms. The Morgan fingerprint density at radius 3 is 2.63 bits per heavy atom. The van der Waals surface area contributed by atoms with Gasteiger partial charge in [-0.2, -0.15) is 5.21 Å². The Kier molecular flexibility index (Phi) is 4.41. The molecule has 1 atom stereocenters. The average Bonchev–Trinajstić information content (AvgIpc) is 3.38. The van der Waals surface area contributed by atoms with Crippen LogP contribution in [0, 0.1) is 0 Å². The van der Waals surface area contributed by atoms with E-state index in [9.17, 15) is 0 Å². The molecule has 0 bridgehead atoms. The third kappa shape index (κ3) is 3.04. The van der Waals surface area contributed by atoms with Gasteiger partial charge in [0.1, 0.15) is 6.10 Å². The molecule has 2 aromatic heterocycles. The molecule has 0 saturated carbocycles. The van der Waals surface area contributed by atoms with Crippen molar-refractivity contribution < 1.29 is 4.74 Å². The third-order valence-electron chi connectivity index (χ3n) is 5.62. The van der Waals surface area contributed by atoms with E-state index in [0.29, 0.717) is 5.82 Å². The first-order valence-corrected chi connectivity index (χ1v) is 9.88. The van der Waals surface area contributed by atoms with Gasteiger partial charge in [0.05, 0.1) is 11.3 Å². The van der Waals surface area contributed by atoms with Crippen molar-refractivity contribution in [2.75, 3.05) is 6.61 Å². The minimum absolute atomic E-state index is 0.00881. The fourth-order valence-corrected chi connectivity index (χ4v) is 4.38. The largest absolute Gasteiger partial charge is 0.372 e. The molecule has 0 amide bonds. The molecular formula is C21H23N5O. The van der Waals surface area contributed by atoms with Crippen molar-refractivity contribution in [2.24, 2.45) is 0 Å². The monoisotopic (exact) mass is 361 g/mol. The van der Waals surface area contributed by atoms with Crippen LogP contribution < -0.4 is 0 Å². The maximum Gasteiger partial charge on any atom is 0.207 e. The zero-order valence-electron chi connectivity index (χ0n) is 15.3. The van der Waals surface area contributed by atoms with Crippen LogP contribution in [0.2, 0.25) is 0 Å². The molecule has 1 aliphatic heterocycles. The zero-order valence-corrected chi connectivity index (χ0v) is 15.3. The van der Waals surface area contributed by atoms with Gasteiger partial charge >= 0.3 is 0 Å². The van der Waals surface area contributed by atoms with Crippen molar-refractivity contribution in [1.29, 1.82) is 0 Å². The minimum atomic E-state index is 0.00881. The van der Waals surface area contributed by atoms with Gasteiger partial charge in [-0.05, 0) is 60.4 Å². The van der Waals surface area contributed by atoms with E-state index in [1.54, 1.807) is 0 Å². The van der Waals surface area contributed by atoms with E-state index >= 15 is 0 Å². The lowest BCUT2D eigenvalue weighted by molar-refractivity contribution is 0.109. The number of ether oxygens (including phenoxy) is 1. The predicted octanol–water partition coefficient (Wildman–Crippen LogP) is 4.05. The molecule has 2 aliphatic rings. The predicted molar refractivity (Wildman–Crippen MR) is 102 cm³/mol. The van der Waals surface area contributed by atoms with Crippen LogP contribution in [0.15, 0.2) is 30.3 Å². The maximum atomic E-state index is 6.04. The first-order chi connectivity index (χ1) is 13.4. The van der Waals surface area contributed by atoms with Gasteiger partial charge in [-0.25, -0.2) is 0 Å². The number of hydrogen-bond donors (Lipinski definition) is 1. The summed E-state index contributed by atoms with van der Waals surface area (Å²) < 4.78 is 6.04. The Labute approximate surface area is 158 Å². The molecule has 0 spiro atoms. The van der Waals surface area contributed by atoms with Crippen molar-refractivity contribution in [3.63, 3.8) is 0 Å². The molecule has 6 nitrogen and oxygen atoms in total. The fourth-order valence-electron chi connectivity index (χ4n) is 4.38. The van der Waals surface area contributed by atoms with E-state index in [4.69, 9.17) is 9.72 Å². The van der Waals surface area contributed by atoms with E-state index in [1.807, 2.05) is 0 Å². The smallest absolute Gasteiger partial charge is 0.207 e. The molecule has 0 radical (unpaired) electrons. The normalized spacial score (nSPS) is 19.6. The maximum absolute atomic E-state index is 6.04. The summed E-state index contributed by atoms with van der Waals surface area (Å²) in [6.45, 7) is 0.787. The lowest BCUT2D eigenvalue weighted by atomic mass is 9.88. The highest BCUT2D eigenvalue weighted by Crippen LogP contribution is 2.43. The van der Waals surface area contributed by atoms with E-state index in [1.165, 1.54) is 41.6 Å². The van der Waals surface area contributed by atoms with Crippen molar-refractivity contribution in [2.45, 2.75) is 51.0 Å². The number of tetrazole rings is 1. The molecule has 1 N–H and O–H groups in total. The molecule has 27 heavy (non-hydrogen) atoms. The summed E-state index contributed by atoms with van der Waals surface area (Å²) in [6, 6.07) is 10.6. The number of fused-ring (bicyclic) bond motifs is 1. The second-order valence-electron chi connectivity index (χ2n) is 7.34. The standard InChI is InChI=1S/C21H23N5O/c1-3-8-14(9-4-1)18-15-10-5-2-6-11-16(15)22-20(17-12-7-13-27-17)19(18)21-23-25-26-24-21/h1,3-4,8-9,17H,2,5-7,10-13H2,(H,23,24,25,26). The van der Waals surface area contributed by atoms with Crippen molar-refractivity contribution in [3.05, 3.63) is 47.3 Å². The molecule has 1 aliphatic carbocycles. The topological polar surface area (TPSA) is 76.6 Å². The number of nitrogens with one attached hydrogen (secondary N) is 1. The zero-order chi connectivity index (χ0) is 18.1. The summed E-state index contributed by atoms with van der Waals surface area (Å²) in [5.41, 5.74) is 6.95. The molecule has 1 saturated heterocycles. The molecule has 138 valence electrons. The molecule has 1 unspecified atom stereocenters. The van der Waals surface area contributed by atoms with Crippen LogP contribution in [0.3, 0.4) is 0 Å². The summed E-state index contributed by atoms with van der Waals surface area (Å²) in [4.78, 5) is 5.15. The molecule has 1 aromatic carbocycles. The van der Waals surface area contributed by atoms with E-state index in [2.05, 4.69) is 51.0 Å². The third-order valence-corrected chi connectivity index (χ3v) is 5.62. The number of hydrogen-bond acceptors (Lipinski definition) is 5. The second-order valence-corrected chi connectivity index (χ2v) is 7.34. The van der Waals surface area contributed by atoms with Crippen molar-refractivity contribution >= 4 is 0 Å². The first kappa shape index (κ1) is 16.6. The SMILES string of the molecule is c1ccc(-c2c3c(nc(C4CCCO4)c2-c2nn[nH]n2)CCCCC3)cc1. The summed E-state index contributed by atoms with van der Waals surface area (Å²) in [6.07, 6.45) is 7.78. The summed E-state index contributed by atoms with van der Waals surface area (Å²) in [5.74, 6) is 0.610. The molecule has 1 fully saturated rings. The Morgan fingerprint density at radius 2 is 1.85 bits per heavy atom. The molecular weight excluding hydrogens is 338 g/mol. The van der Waals surface area contributed by atoms with Gasteiger partial charge in [0.15, 0.2) is 0 Å². The van der Waals surface area contributed by atoms with Crippen molar-refractivity contribution in [3.8, 4) is 22.5 Å². The van der Waals surface area contributed by atoms with Crippen LogP contribution in [-0.4, -0.2) is 32.2 Å². The van der Waals surface area contributed by atoms with Crippen LogP contribution in [0.25, 0.3) is 22.5 Å². The highest BCUT2D eigenvalue weighted by Gasteiger charge is 2.30. The Hall–Kier alpha value is -2.60. The summed E-state index contributed by atoms with van der Waals surface area (Å²) in [5, 5.41) is 15.1. The van der Waals surface area contributed by atoms with E-state index < -0.39 is 0 Å². The average molecular weight is 361 g/mol. The van der Waals surface area contributed by atoms with Gasteiger partial charge in [0, 0.05) is 12.3 Å². The lowest BCUT2D eigenvalue weighted by Crippen LogP contribution is -2.11. The number of nitrogens with zero attached hydrogens (tertiary/aromatic N) is 4. The molecule has 5 rings (SSSR count). The van der Waals surface area contributed by atoms with Crippen LogP contribution in [0.5, 0.6) is 0 Å². The minimum Gasteiger partial charge on any atom is -0.372 e. The highest BCUT2D eigenvalue weighted by molar-refractivity contribution is 5.85. The van der Waals surface area contributed by atoms with E-state index in [0.717, 1.165) is 43.5 Å². The van der Waals surface area contributed by atoms with Gasteiger partial charge in [-0.3, -0.25) is 4.98 Å². The first-order valence-electron chi connectivity index (χ1n) is 9.88. The van der Waals surface area contributed by atoms with Gasteiger partial charge in [0.2, 0.25) is 5.82 Å². The van der Waals surface area contributed by atoms with Gasteiger partial charge in [0.25, 0.3) is 0 Å². The molecule has 3 aromatic rings. The van der Waals surface area contributed by atoms with Gasteiger partial charge in [-0.1, -0.05) is 36.8 Å². The quantitative estimate of drug-likeness (QED) is 0.712. The lowest BCUT2D eigenvalue weighted by Gasteiger charge is -2.22. The van der Waals surface area contributed by atoms with Crippen molar-refractivity contribution in [1.82, 2.24) is 25.6 Å². The Bertz CT molecular complexity index is 917. The number of benzene rings is 1. The summed E-state index contributed by atoms with van der Waals surface area (Å²) in [7, 11) is 0. The van der Waals surface area contributed by atoms with Crippen LogP contribution >= 0.6 is 0 Å². The van der Waals surface area contributed by atoms with Gasteiger partial charge < -0.3 is 4.74 Å². The second kappa shape index (κ2) is 7.19. The van der Waals surface area contributed by atoms with Crippen LogP contribution in [-0.2, 0) is 17.6 Å². The fraction of sp³-hybridized carbons (Fsp3) is 0.429. The number of aromatic nitrogens is 5. The number of pyridine rings is 1. The Balaban J connectivity index is 1.83.